The molecule has 4 rings (SSSR count). The first-order chi connectivity index (χ1) is 18.2. The summed E-state index contributed by atoms with van der Waals surface area (Å²) in [5.41, 5.74) is 4.42. The molecule has 0 bridgehead atoms. The number of amides is 2. The Hall–Kier alpha value is -2.08. The molecule has 0 saturated carbocycles. The lowest BCUT2D eigenvalue weighted by Gasteiger charge is -2.16. The first kappa shape index (κ1) is 28.9. The third kappa shape index (κ3) is 6.91. The van der Waals surface area contributed by atoms with Crippen molar-refractivity contribution in [2.75, 3.05) is 6.61 Å². The molecular weight excluding hydrogens is 699 g/mol. The minimum Gasteiger partial charge on any atom is -0.490 e. The molecule has 0 radical (unpaired) electrons. The Morgan fingerprint density at radius 1 is 1.11 bits per heavy atom. The zero-order valence-electron chi connectivity index (χ0n) is 19.6. The van der Waals surface area contributed by atoms with E-state index in [1.165, 1.54) is 0 Å². The monoisotopic (exact) mass is 714 g/mol. The number of benzene rings is 3. The molecule has 12 heteroatoms. The summed E-state index contributed by atoms with van der Waals surface area (Å²) < 4.78 is 13.5. The second-order valence-electron chi connectivity index (χ2n) is 7.75. The van der Waals surface area contributed by atoms with E-state index in [0.29, 0.717) is 48.7 Å². The third-order valence-corrected chi connectivity index (χ3v) is 8.14. The Labute approximate surface area is 255 Å². The van der Waals surface area contributed by atoms with Crippen LogP contribution in [0.2, 0.25) is 10.0 Å². The van der Waals surface area contributed by atoms with Crippen LogP contribution >= 0.6 is 79.0 Å². The minimum absolute atomic E-state index is 0.199. The van der Waals surface area contributed by atoms with Crippen LogP contribution in [0, 0.1) is 0 Å². The van der Waals surface area contributed by atoms with Crippen LogP contribution in [0.5, 0.6) is 11.5 Å². The fourth-order valence-corrected chi connectivity index (χ4v) is 5.83. The summed E-state index contributed by atoms with van der Waals surface area (Å²) in [7, 11) is 0. The Kier molecular flexibility index (Phi) is 9.78. The number of halogens is 4. The predicted molar refractivity (Wildman–Crippen MR) is 163 cm³/mol. The molecule has 0 aromatic heterocycles. The van der Waals surface area contributed by atoms with E-state index in [9.17, 15) is 9.59 Å². The van der Waals surface area contributed by atoms with Crippen LogP contribution in [0.4, 0.5) is 0 Å². The van der Waals surface area contributed by atoms with Gasteiger partial charge in [-0.25, -0.2) is 0 Å². The fourth-order valence-electron chi connectivity index (χ4n) is 3.35. The van der Waals surface area contributed by atoms with Crippen LogP contribution in [0.1, 0.15) is 28.4 Å². The van der Waals surface area contributed by atoms with Crippen LogP contribution < -0.4 is 14.9 Å². The smallest absolute Gasteiger partial charge is 0.285 e. The molecule has 6 nitrogen and oxygen atoms in total. The predicted octanol–water partition coefficient (Wildman–Crippen LogP) is 8.04. The highest BCUT2D eigenvalue weighted by Gasteiger charge is 2.34. The number of nitrogens with one attached hydrogen (secondary N) is 1. The highest BCUT2D eigenvalue weighted by Crippen LogP contribution is 2.40. The number of nitrogens with zero attached hydrogens (tertiary/aromatic N) is 1. The van der Waals surface area contributed by atoms with E-state index >= 15 is 0 Å². The van der Waals surface area contributed by atoms with Gasteiger partial charge in [0.1, 0.15) is 6.61 Å². The van der Waals surface area contributed by atoms with Crippen molar-refractivity contribution in [1.29, 1.82) is 0 Å². The SMILES string of the molecule is CCOc1cc(/C=C2\SC(=S)N(NC(=O)c3ccc(Br)cc3)C2=O)cc(Br)c1OCc1ccc(Cl)cc1Cl. The summed E-state index contributed by atoms with van der Waals surface area (Å²) in [6.07, 6.45) is 1.68. The highest BCUT2D eigenvalue weighted by molar-refractivity contribution is 9.10. The van der Waals surface area contributed by atoms with Gasteiger partial charge >= 0.3 is 0 Å². The van der Waals surface area contributed by atoms with E-state index in [1.54, 1.807) is 60.7 Å². The van der Waals surface area contributed by atoms with Crippen molar-refractivity contribution in [1.82, 2.24) is 10.4 Å². The largest absolute Gasteiger partial charge is 0.490 e. The van der Waals surface area contributed by atoms with Crippen LogP contribution in [-0.4, -0.2) is 27.8 Å². The highest BCUT2D eigenvalue weighted by atomic mass is 79.9. The molecule has 3 aromatic carbocycles. The van der Waals surface area contributed by atoms with E-state index in [1.807, 2.05) is 6.92 Å². The maximum Gasteiger partial charge on any atom is 0.285 e. The Morgan fingerprint density at radius 2 is 1.84 bits per heavy atom. The first-order valence-electron chi connectivity index (χ1n) is 11.0. The molecule has 0 aliphatic carbocycles. The van der Waals surface area contributed by atoms with Gasteiger partial charge in [0.25, 0.3) is 11.8 Å². The van der Waals surface area contributed by atoms with Gasteiger partial charge in [0.2, 0.25) is 0 Å². The van der Waals surface area contributed by atoms with E-state index in [4.69, 9.17) is 44.9 Å². The molecule has 1 aliphatic rings. The lowest BCUT2D eigenvalue weighted by Crippen LogP contribution is -2.44. The van der Waals surface area contributed by atoms with Gasteiger partial charge in [-0.05, 0) is 95.2 Å². The molecule has 1 aliphatic heterocycles. The Morgan fingerprint density at radius 3 is 2.53 bits per heavy atom. The molecule has 1 fully saturated rings. The number of carbonyl (C=O) groups is 2. The molecule has 1 saturated heterocycles. The van der Waals surface area contributed by atoms with E-state index in [2.05, 4.69) is 37.3 Å². The van der Waals surface area contributed by atoms with Crippen molar-refractivity contribution in [3.63, 3.8) is 0 Å². The number of rotatable bonds is 8. The van der Waals surface area contributed by atoms with Gasteiger partial charge in [-0.1, -0.05) is 57.0 Å². The van der Waals surface area contributed by atoms with E-state index in [0.717, 1.165) is 26.8 Å². The number of thiocarbonyl (C=S) groups is 1. The maximum absolute atomic E-state index is 13.1. The van der Waals surface area contributed by atoms with Crippen molar-refractivity contribution < 1.29 is 19.1 Å². The minimum atomic E-state index is -0.446. The number of ether oxygens (including phenoxy) is 2. The van der Waals surface area contributed by atoms with Crippen LogP contribution in [0.15, 0.2) is 68.4 Å². The van der Waals surface area contributed by atoms with Crippen molar-refractivity contribution in [3.8, 4) is 11.5 Å². The average molecular weight is 717 g/mol. The van der Waals surface area contributed by atoms with Gasteiger partial charge in [0, 0.05) is 25.6 Å². The molecule has 0 atom stereocenters. The van der Waals surface area contributed by atoms with Crippen LogP contribution in [0.25, 0.3) is 6.08 Å². The number of hydrazine groups is 1. The second-order valence-corrected chi connectivity index (χ2v) is 12.0. The summed E-state index contributed by atoms with van der Waals surface area (Å²) in [5, 5.41) is 2.11. The van der Waals surface area contributed by atoms with Crippen LogP contribution in [0.3, 0.4) is 0 Å². The quantitative estimate of drug-likeness (QED) is 0.188. The summed E-state index contributed by atoms with van der Waals surface area (Å²) in [5.74, 6) is 0.0949. The first-order valence-corrected chi connectivity index (χ1v) is 14.6. The number of thioether (sulfide) groups is 1. The number of carbonyl (C=O) groups excluding carboxylic acids is 2. The Balaban J connectivity index is 1.53. The normalized spacial score (nSPS) is 14.2. The van der Waals surface area contributed by atoms with Gasteiger partial charge in [0.05, 0.1) is 16.0 Å². The summed E-state index contributed by atoms with van der Waals surface area (Å²) in [4.78, 5) is 26.0. The van der Waals surface area contributed by atoms with E-state index < -0.39 is 11.8 Å². The lowest BCUT2D eigenvalue weighted by molar-refractivity contribution is -0.123. The molecular formula is C26H18Br2Cl2N2O4S2. The summed E-state index contributed by atoms with van der Waals surface area (Å²) in [6.45, 7) is 2.46. The van der Waals surface area contributed by atoms with E-state index in [-0.39, 0.29) is 10.9 Å². The summed E-state index contributed by atoms with van der Waals surface area (Å²) >= 11 is 25.6. The number of hydrogen-bond acceptors (Lipinski definition) is 6. The zero-order valence-corrected chi connectivity index (χ0v) is 25.9. The number of hydrogen-bond donors (Lipinski definition) is 1. The molecule has 2 amide bonds. The van der Waals surface area contributed by atoms with Gasteiger partial charge in [-0.15, -0.1) is 0 Å². The second kappa shape index (κ2) is 12.8. The molecule has 0 unspecified atom stereocenters. The molecule has 0 spiro atoms. The third-order valence-electron chi connectivity index (χ3n) is 5.13. The van der Waals surface area contributed by atoms with Crippen molar-refractivity contribution >= 4 is 101 Å². The Bertz CT molecular complexity index is 1450. The van der Waals surface area contributed by atoms with Gasteiger partial charge in [-0.2, -0.15) is 5.01 Å². The molecule has 3 aromatic rings. The maximum atomic E-state index is 13.1. The van der Waals surface area contributed by atoms with Crippen molar-refractivity contribution in [2.45, 2.75) is 13.5 Å². The molecule has 196 valence electrons. The summed E-state index contributed by atoms with van der Waals surface area (Å²) in [6, 6.07) is 15.5. The van der Waals surface area contributed by atoms with Crippen molar-refractivity contribution in [3.05, 3.63) is 95.2 Å². The average Bonchev–Trinajstić information content (AvgIpc) is 3.12. The lowest BCUT2D eigenvalue weighted by atomic mass is 10.1. The van der Waals surface area contributed by atoms with Gasteiger partial charge in [-0.3, -0.25) is 15.0 Å². The van der Waals surface area contributed by atoms with Crippen molar-refractivity contribution in [2.24, 2.45) is 0 Å². The molecule has 1 heterocycles. The zero-order chi connectivity index (χ0) is 27.4. The standard InChI is InChI=1S/C26H18Br2Cl2N2O4S2/c1-2-35-21-10-14(9-19(28)23(21)36-13-16-5-8-18(29)12-20(16)30)11-22-25(34)32(26(37)38-22)31-24(33)15-3-6-17(27)7-4-15/h3-12H,2,13H2,1H3,(H,31,33)/b22-11-. The fraction of sp³-hybridized carbons (Fsp3) is 0.115. The topological polar surface area (TPSA) is 67.9 Å². The molecule has 1 N–H and O–H groups in total. The van der Waals surface area contributed by atoms with Crippen LogP contribution in [-0.2, 0) is 11.4 Å². The molecule has 38 heavy (non-hydrogen) atoms. The van der Waals surface area contributed by atoms with Gasteiger partial charge < -0.3 is 9.47 Å². The van der Waals surface area contributed by atoms with Gasteiger partial charge in [0.15, 0.2) is 15.8 Å².